The van der Waals surface area contributed by atoms with Crippen LogP contribution in [0.5, 0.6) is 0 Å². The van der Waals surface area contributed by atoms with Crippen LogP contribution in [0, 0.1) is 6.92 Å². The van der Waals surface area contributed by atoms with Crippen LogP contribution >= 0.6 is 15.9 Å². The smallest absolute Gasteiger partial charge is 0.190 e. The molecule has 0 aliphatic carbocycles. The lowest BCUT2D eigenvalue weighted by Gasteiger charge is -2.29. The Morgan fingerprint density at radius 2 is 2.08 bits per heavy atom. The van der Waals surface area contributed by atoms with Crippen molar-refractivity contribution in [1.29, 1.82) is 0 Å². The zero-order valence-electron chi connectivity index (χ0n) is 15.9. The molecule has 0 aromatic heterocycles. The van der Waals surface area contributed by atoms with Crippen molar-refractivity contribution in [3.05, 3.63) is 33.8 Å². The molecule has 0 amide bonds. The number of hydrogen-bond acceptors (Lipinski definition) is 5. The molecule has 0 bridgehead atoms. The highest BCUT2D eigenvalue weighted by molar-refractivity contribution is 9.10. The van der Waals surface area contributed by atoms with E-state index < -0.39 is 24.3 Å². The standard InChI is InChI=1S/C20H29BrO5/c1-5-6-7-15(22)16-17(18-19(24-16)26-20(3,4)25-18)23-11-13-8-9-14(21)10-12(13)2/h8-10,15-19,22H,5-7,11H2,1-4H3/t15-,16+,17-,18+,19+/m0/s1. The molecule has 2 heterocycles. The Hall–Kier alpha value is -0.500. The zero-order chi connectivity index (χ0) is 18.9. The molecule has 0 saturated carbocycles. The number of benzene rings is 1. The van der Waals surface area contributed by atoms with E-state index in [1.165, 1.54) is 0 Å². The molecular formula is C20H29BrO5. The molecule has 0 radical (unpaired) electrons. The van der Waals surface area contributed by atoms with Gasteiger partial charge in [-0.05, 0) is 50.5 Å². The lowest BCUT2D eigenvalue weighted by atomic mass is 10.0. The maximum atomic E-state index is 10.6. The summed E-state index contributed by atoms with van der Waals surface area (Å²) >= 11 is 3.49. The fourth-order valence-electron chi connectivity index (χ4n) is 3.59. The van der Waals surface area contributed by atoms with E-state index in [1.54, 1.807) is 0 Å². The van der Waals surface area contributed by atoms with Crippen molar-refractivity contribution in [3.8, 4) is 0 Å². The van der Waals surface area contributed by atoms with E-state index in [2.05, 4.69) is 35.8 Å². The topological polar surface area (TPSA) is 57.2 Å². The summed E-state index contributed by atoms with van der Waals surface area (Å²) < 4.78 is 25.1. The number of ether oxygens (including phenoxy) is 4. The lowest BCUT2D eigenvalue weighted by molar-refractivity contribution is -0.230. The Bertz CT molecular complexity index is 620. The van der Waals surface area contributed by atoms with Gasteiger partial charge >= 0.3 is 0 Å². The van der Waals surface area contributed by atoms with Gasteiger partial charge in [-0.2, -0.15) is 0 Å². The van der Waals surface area contributed by atoms with Crippen molar-refractivity contribution in [3.63, 3.8) is 0 Å². The molecule has 2 fully saturated rings. The van der Waals surface area contributed by atoms with Gasteiger partial charge in [0.15, 0.2) is 12.1 Å². The first kappa shape index (κ1) is 20.2. The summed E-state index contributed by atoms with van der Waals surface area (Å²) in [7, 11) is 0. The number of rotatable bonds is 7. The maximum Gasteiger partial charge on any atom is 0.190 e. The van der Waals surface area contributed by atoms with Crippen molar-refractivity contribution in [2.24, 2.45) is 0 Å². The minimum absolute atomic E-state index is 0.331. The molecule has 1 N–H and O–H groups in total. The van der Waals surface area contributed by atoms with Gasteiger partial charge < -0.3 is 24.1 Å². The highest BCUT2D eigenvalue weighted by Gasteiger charge is 2.56. The van der Waals surface area contributed by atoms with Crippen molar-refractivity contribution in [1.82, 2.24) is 0 Å². The minimum Gasteiger partial charge on any atom is -0.390 e. The number of hydrogen-bond donors (Lipinski definition) is 1. The Morgan fingerprint density at radius 1 is 1.31 bits per heavy atom. The van der Waals surface area contributed by atoms with Crippen LogP contribution in [0.1, 0.15) is 51.2 Å². The molecule has 26 heavy (non-hydrogen) atoms. The summed E-state index contributed by atoms with van der Waals surface area (Å²) in [5, 5.41) is 10.6. The number of halogens is 1. The summed E-state index contributed by atoms with van der Waals surface area (Å²) in [4.78, 5) is 0. The summed E-state index contributed by atoms with van der Waals surface area (Å²) in [6, 6.07) is 6.12. The van der Waals surface area contributed by atoms with E-state index in [4.69, 9.17) is 18.9 Å². The Balaban J connectivity index is 1.72. The maximum absolute atomic E-state index is 10.6. The van der Waals surface area contributed by atoms with Gasteiger partial charge in [0.25, 0.3) is 0 Å². The van der Waals surface area contributed by atoms with Crippen LogP contribution in [0.2, 0.25) is 0 Å². The summed E-state index contributed by atoms with van der Waals surface area (Å²) in [6.45, 7) is 8.34. The van der Waals surface area contributed by atoms with Gasteiger partial charge in [-0.15, -0.1) is 0 Å². The predicted molar refractivity (Wildman–Crippen MR) is 102 cm³/mol. The van der Waals surface area contributed by atoms with Gasteiger partial charge in [-0.25, -0.2) is 0 Å². The van der Waals surface area contributed by atoms with Crippen LogP contribution in [0.25, 0.3) is 0 Å². The second-order valence-electron chi connectivity index (χ2n) is 7.63. The monoisotopic (exact) mass is 428 g/mol. The largest absolute Gasteiger partial charge is 0.390 e. The number of fused-ring (bicyclic) bond motifs is 1. The average Bonchev–Trinajstić information content (AvgIpc) is 3.04. The number of aliphatic hydroxyl groups is 1. The molecule has 5 nitrogen and oxygen atoms in total. The molecule has 2 aliphatic rings. The van der Waals surface area contributed by atoms with Crippen LogP contribution in [-0.4, -0.2) is 41.6 Å². The lowest BCUT2D eigenvalue weighted by Crippen LogP contribution is -2.42. The van der Waals surface area contributed by atoms with E-state index in [1.807, 2.05) is 26.0 Å². The van der Waals surface area contributed by atoms with E-state index >= 15 is 0 Å². The fourth-order valence-corrected chi connectivity index (χ4v) is 4.06. The van der Waals surface area contributed by atoms with Gasteiger partial charge in [-0.1, -0.05) is 41.8 Å². The fraction of sp³-hybridized carbons (Fsp3) is 0.700. The normalized spacial score (nSPS) is 31.2. The number of aliphatic hydroxyl groups excluding tert-OH is 1. The van der Waals surface area contributed by atoms with Crippen LogP contribution in [0.4, 0.5) is 0 Å². The molecule has 6 heteroatoms. The van der Waals surface area contributed by atoms with Crippen molar-refractivity contribution >= 4 is 15.9 Å². The second kappa shape index (κ2) is 8.25. The minimum atomic E-state index is -0.705. The average molecular weight is 429 g/mol. The second-order valence-corrected chi connectivity index (χ2v) is 8.54. The van der Waals surface area contributed by atoms with E-state index in [0.717, 1.165) is 28.4 Å². The van der Waals surface area contributed by atoms with Gasteiger partial charge in [0.2, 0.25) is 0 Å². The van der Waals surface area contributed by atoms with E-state index in [-0.39, 0.29) is 12.2 Å². The highest BCUT2D eigenvalue weighted by Crippen LogP contribution is 2.40. The predicted octanol–water partition coefficient (Wildman–Crippen LogP) is 4.07. The molecule has 2 aliphatic heterocycles. The van der Waals surface area contributed by atoms with Gasteiger partial charge in [0, 0.05) is 4.47 Å². The molecule has 3 rings (SSSR count). The summed E-state index contributed by atoms with van der Waals surface area (Å²) in [5.74, 6) is -0.705. The van der Waals surface area contributed by atoms with Gasteiger partial charge in [0.05, 0.1) is 12.7 Å². The number of aryl methyl sites for hydroxylation is 1. The summed E-state index contributed by atoms with van der Waals surface area (Å²) in [6.07, 6.45) is 0.431. The molecule has 1 aromatic carbocycles. The molecule has 146 valence electrons. The van der Waals surface area contributed by atoms with Crippen LogP contribution < -0.4 is 0 Å². The molecule has 1 aromatic rings. The van der Waals surface area contributed by atoms with Gasteiger partial charge in [-0.3, -0.25) is 0 Å². The van der Waals surface area contributed by atoms with Crippen molar-refractivity contribution in [2.45, 2.75) is 90.1 Å². The van der Waals surface area contributed by atoms with Crippen LogP contribution in [0.3, 0.4) is 0 Å². The first-order chi connectivity index (χ1) is 12.3. The Morgan fingerprint density at radius 3 is 2.77 bits per heavy atom. The molecule has 2 saturated heterocycles. The quantitative estimate of drug-likeness (QED) is 0.708. The van der Waals surface area contributed by atoms with Crippen LogP contribution in [0.15, 0.2) is 22.7 Å². The molecule has 5 atom stereocenters. The van der Waals surface area contributed by atoms with Crippen LogP contribution in [-0.2, 0) is 25.6 Å². The third kappa shape index (κ3) is 4.49. The Kier molecular flexibility index (Phi) is 6.42. The number of unbranched alkanes of at least 4 members (excludes halogenated alkanes) is 1. The highest BCUT2D eigenvalue weighted by atomic mass is 79.9. The van der Waals surface area contributed by atoms with Gasteiger partial charge in [0.1, 0.15) is 18.3 Å². The Labute approximate surface area is 164 Å². The molecule has 0 unspecified atom stereocenters. The summed E-state index contributed by atoms with van der Waals surface area (Å²) in [5.41, 5.74) is 2.26. The molecule has 0 spiro atoms. The third-order valence-electron chi connectivity index (χ3n) is 5.00. The third-order valence-corrected chi connectivity index (χ3v) is 5.49. The van der Waals surface area contributed by atoms with Crippen molar-refractivity contribution in [2.75, 3.05) is 0 Å². The first-order valence-corrected chi connectivity index (χ1v) is 10.2. The SMILES string of the molecule is CCCC[C@H](O)[C@H]1O[C@@H]2OC(C)(C)O[C@@H]2[C@H]1OCc1ccc(Br)cc1C. The first-order valence-electron chi connectivity index (χ1n) is 9.36. The van der Waals surface area contributed by atoms with E-state index in [0.29, 0.717) is 13.0 Å². The van der Waals surface area contributed by atoms with Crippen molar-refractivity contribution < 1.29 is 24.1 Å². The van der Waals surface area contributed by atoms with E-state index in [9.17, 15) is 5.11 Å². The zero-order valence-corrected chi connectivity index (χ0v) is 17.5. The molecular weight excluding hydrogens is 400 g/mol.